The van der Waals surface area contributed by atoms with Gasteiger partial charge in [-0.1, -0.05) is 54.6 Å². The number of ketones is 1. The lowest BCUT2D eigenvalue weighted by atomic mass is 10.1. The first kappa shape index (κ1) is 27.1. The Balaban J connectivity index is 1.49. The maximum atomic E-state index is 13.6. The van der Waals surface area contributed by atoms with Crippen molar-refractivity contribution in [1.82, 2.24) is 0 Å². The molecule has 0 fully saturated rings. The molecule has 0 radical (unpaired) electrons. The molecule has 0 saturated heterocycles. The number of nitrogens with one attached hydrogen (secondary N) is 3. The summed E-state index contributed by atoms with van der Waals surface area (Å²) in [4.78, 5) is 26.0. The van der Waals surface area contributed by atoms with Crippen molar-refractivity contribution in [1.29, 1.82) is 0 Å². The molecule has 5 nitrogen and oxygen atoms in total. The van der Waals surface area contributed by atoms with Gasteiger partial charge in [0.1, 0.15) is 5.25 Å². The Hall–Kier alpha value is -3.94. The van der Waals surface area contributed by atoms with Crippen LogP contribution in [0, 0.1) is 13.8 Å². The van der Waals surface area contributed by atoms with E-state index >= 15 is 0 Å². The predicted molar refractivity (Wildman–Crippen MR) is 162 cm³/mol. The number of para-hydroxylation sites is 1. The summed E-state index contributed by atoms with van der Waals surface area (Å²) in [6.07, 6.45) is 0. The highest BCUT2D eigenvalue weighted by Gasteiger charge is 2.23. The topological polar surface area (TPSA) is 70.2 Å². The fourth-order valence-electron chi connectivity index (χ4n) is 3.97. The van der Waals surface area contributed by atoms with E-state index in [9.17, 15) is 9.59 Å². The molecule has 7 heteroatoms. The zero-order chi connectivity index (χ0) is 27.1. The second-order valence-electron chi connectivity index (χ2n) is 8.91. The molecular formula is C31H29N3O2S2. The van der Waals surface area contributed by atoms with Gasteiger partial charge in [-0.05, 0) is 92.1 Å². The second kappa shape index (κ2) is 12.5. The molecule has 3 N–H and O–H groups in total. The number of Topliss-reactive ketones (excluding diaryl/α,β-unsaturated/α-hetero) is 1. The van der Waals surface area contributed by atoms with E-state index < -0.39 is 5.25 Å². The third-order valence-electron chi connectivity index (χ3n) is 5.96. The maximum absolute atomic E-state index is 13.6. The predicted octanol–water partition coefficient (Wildman–Crippen LogP) is 7.79. The number of thioether (sulfide) groups is 1. The highest BCUT2D eigenvalue weighted by Crippen LogP contribution is 2.37. The van der Waals surface area contributed by atoms with Crippen LogP contribution in [0.3, 0.4) is 0 Å². The van der Waals surface area contributed by atoms with Crippen molar-refractivity contribution < 1.29 is 9.59 Å². The standard InChI is InChI=1S/C31H29N3O2S2/c1-20-9-7-10-21(2)28(20)34-30(36)29(24-11-5-4-6-12-24)38-27-14-8-13-26(19-27)33-31(37)32-25-17-15-23(16-18-25)22(3)35/h4-19,29H,1-3H3,(H,34,36)(H2,32,33,37). The van der Waals surface area contributed by atoms with Gasteiger partial charge in [-0.25, -0.2) is 0 Å². The maximum Gasteiger partial charge on any atom is 0.242 e. The number of carbonyl (C=O) groups excluding carboxylic acids is 2. The van der Waals surface area contributed by atoms with Crippen LogP contribution in [0.5, 0.6) is 0 Å². The van der Waals surface area contributed by atoms with Crippen LogP contribution in [0.2, 0.25) is 0 Å². The van der Waals surface area contributed by atoms with Crippen molar-refractivity contribution in [2.24, 2.45) is 0 Å². The average molecular weight is 540 g/mol. The van der Waals surface area contributed by atoms with Gasteiger partial charge in [0, 0.05) is 27.5 Å². The van der Waals surface area contributed by atoms with Crippen LogP contribution in [-0.2, 0) is 4.79 Å². The number of hydrogen-bond donors (Lipinski definition) is 3. The van der Waals surface area contributed by atoms with Gasteiger partial charge in [-0.3, -0.25) is 9.59 Å². The average Bonchev–Trinajstić information content (AvgIpc) is 2.90. The molecule has 0 aromatic heterocycles. The van der Waals surface area contributed by atoms with E-state index in [4.69, 9.17) is 12.2 Å². The zero-order valence-corrected chi connectivity index (χ0v) is 23.1. The first-order chi connectivity index (χ1) is 18.3. The molecule has 0 aliphatic rings. The molecule has 4 aromatic carbocycles. The molecule has 0 bridgehead atoms. The van der Waals surface area contributed by atoms with Crippen LogP contribution in [0.1, 0.15) is 39.2 Å². The monoisotopic (exact) mass is 539 g/mol. The first-order valence-electron chi connectivity index (χ1n) is 12.2. The molecule has 192 valence electrons. The normalized spacial score (nSPS) is 11.3. The van der Waals surface area contributed by atoms with Gasteiger partial charge < -0.3 is 16.0 Å². The van der Waals surface area contributed by atoms with Crippen LogP contribution >= 0.6 is 24.0 Å². The minimum Gasteiger partial charge on any atom is -0.332 e. The summed E-state index contributed by atoms with van der Waals surface area (Å²) in [5.74, 6) is -0.0637. The second-order valence-corrected chi connectivity index (χ2v) is 10.5. The SMILES string of the molecule is CC(=O)c1ccc(NC(=S)Nc2cccc(SC(C(=O)Nc3c(C)cccc3C)c3ccccc3)c2)cc1. The van der Waals surface area contributed by atoms with Crippen molar-refractivity contribution in [3.63, 3.8) is 0 Å². The summed E-state index contributed by atoms with van der Waals surface area (Å²) in [6, 6.07) is 30.7. The first-order valence-corrected chi connectivity index (χ1v) is 13.5. The van der Waals surface area contributed by atoms with E-state index in [-0.39, 0.29) is 11.7 Å². The summed E-state index contributed by atoms with van der Waals surface area (Å²) in [7, 11) is 0. The van der Waals surface area contributed by atoms with Gasteiger partial charge in [0.05, 0.1) is 0 Å². The van der Waals surface area contributed by atoms with Gasteiger partial charge >= 0.3 is 0 Å². The smallest absolute Gasteiger partial charge is 0.242 e. The third kappa shape index (κ3) is 7.09. The summed E-state index contributed by atoms with van der Waals surface area (Å²) >= 11 is 6.97. The van der Waals surface area contributed by atoms with Crippen LogP contribution in [0.15, 0.2) is 102 Å². The molecular weight excluding hydrogens is 510 g/mol. The van der Waals surface area contributed by atoms with Gasteiger partial charge in [0.15, 0.2) is 10.9 Å². The fourth-order valence-corrected chi connectivity index (χ4v) is 5.29. The van der Waals surface area contributed by atoms with Gasteiger partial charge in [0.25, 0.3) is 0 Å². The van der Waals surface area contributed by atoms with E-state index in [0.717, 1.165) is 38.6 Å². The molecule has 1 amide bonds. The number of aryl methyl sites for hydroxylation is 2. The molecule has 1 atom stereocenters. The molecule has 4 rings (SSSR count). The Morgan fingerprint density at radius 1 is 0.737 bits per heavy atom. The van der Waals surface area contributed by atoms with Crippen molar-refractivity contribution in [2.75, 3.05) is 16.0 Å². The molecule has 0 spiro atoms. The highest BCUT2D eigenvalue weighted by molar-refractivity contribution is 8.00. The Morgan fingerprint density at radius 3 is 2.03 bits per heavy atom. The van der Waals surface area contributed by atoms with E-state index in [1.807, 2.05) is 98.8 Å². The lowest BCUT2D eigenvalue weighted by molar-refractivity contribution is -0.115. The zero-order valence-electron chi connectivity index (χ0n) is 21.4. The lowest BCUT2D eigenvalue weighted by Gasteiger charge is -2.19. The molecule has 4 aromatic rings. The van der Waals surface area contributed by atoms with Gasteiger partial charge in [-0.2, -0.15) is 0 Å². The Labute approximate surface area is 233 Å². The number of hydrogen-bond acceptors (Lipinski definition) is 4. The van der Waals surface area contributed by atoms with Crippen LogP contribution in [0.25, 0.3) is 0 Å². The van der Waals surface area contributed by atoms with Crippen molar-refractivity contribution in [2.45, 2.75) is 30.9 Å². The molecule has 1 unspecified atom stereocenters. The number of carbonyl (C=O) groups is 2. The van der Waals surface area contributed by atoms with Crippen molar-refractivity contribution >= 4 is 57.8 Å². The minimum atomic E-state index is -0.449. The fraction of sp³-hybridized carbons (Fsp3) is 0.129. The Bertz CT molecular complexity index is 1430. The van der Waals surface area contributed by atoms with Gasteiger partial charge in [0.2, 0.25) is 5.91 Å². The van der Waals surface area contributed by atoms with Gasteiger partial charge in [-0.15, -0.1) is 11.8 Å². The van der Waals surface area contributed by atoms with Crippen LogP contribution in [-0.4, -0.2) is 16.8 Å². The number of rotatable bonds is 8. The number of amides is 1. The number of thiocarbonyl (C=S) groups is 1. The quantitative estimate of drug-likeness (QED) is 0.121. The summed E-state index contributed by atoms with van der Waals surface area (Å²) in [6.45, 7) is 5.53. The molecule has 0 saturated carbocycles. The summed E-state index contributed by atoms with van der Waals surface area (Å²) < 4.78 is 0. The lowest BCUT2D eigenvalue weighted by Crippen LogP contribution is -2.20. The van der Waals surface area contributed by atoms with E-state index in [0.29, 0.717) is 10.7 Å². The molecule has 38 heavy (non-hydrogen) atoms. The van der Waals surface area contributed by atoms with E-state index in [2.05, 4.69) is 16.0 Å². The molecule has 0 heterocycles. The number of benzene rings is 4. The van der Waals surface area contributed by atoms with Crippen molar-refractivity contribution in [3.05, 3.63) is 119 Å². The highest BCUT2D eigenvalue weighted by atomic mass is 32.2. The van der Waals surface area contributed by atoms with E-state index in [1.54, 1.807) is 12.1 Å². The summed E-state index contributed by atoms with van der Waals surface area (Å²) in [5.41, 5.74) is 6.05. The van der Waals surface area contributed by atoms with Crippen LogP contribution in [0.4, 0.5) is 17.1 Å². The largest absolute Gasteiger partial charge is 0.332 e. The third-order valence-corrected chi connectivity index (χ3v) is 7.42. The van der Waals surface area contributed by atoms with Crippen molar-refractivity contribution in [3.8, 4) is 0 Å². The van der Waals surface area contributed by atoms with Crippen LogP contribution < -0.4 is 16.0 Å². The Morgan fingerprint density at radius 2 is 1.37 bits per heavy atom. The minimum absolute atomic E-state index is 0.0168. The Kier molecular flexibility index (Phi) is 8.94. The molecule has 0 aliphatic heterocycles. The number of anilines is 3. The molecule has 0 aliphatic carbocycles. The van der Waals surface area contributed by atoms with E-state index in [1.165, 1.54) is 18.7 Å². The summed E-state index contributed by atoms with van der Waals surface area (Å²) in [5, 5.41) is 9.47.